The monoisotopic (exact) mass is 300 g/mol. The summed E-state index contributed by atoms with van der Waals surface area (Å²) in [5, 5.41) is 3.28. The summed E-state index contributed by atoms with van der Waals surface area (Å²) in [5.74, 6) is -1.39. The summed E-state index contributed by atoms with van der Waals surface area (Å²) in [5.41, 5.74) is 2.07. The summed E-state index contributed by atoms with van der Waals surface area (Å²) >= 11 is 5.89. The van der Waals surface area contributed by atoms with Crippen molar-refractivity contribution in [1.29, 1.82) is 0 Å². The van der Waals surface area contributed by atoms with Gasteiger partial charge in [0.25, 0.3) is 0 Å². The molecule has 0 saturated heterocycles. The van der Waals surface area contributed by atoms with Crippen LogP contribution in [0.3, 0.4) is 0 Å². The fourth-order valence-electron chi connectivity index (χ4n) is 2.52. The van der Waals surface area contributed by atoms with Gasteiger partial charge in [-0.1, -0.05) is 35.9 Å². The maximum absolute atomic E-state index is 12.4. The van der Waals surface area contributed by atoms with Gasteiger partial charge in [-0.25, -0.2) is 0 Å². The fraction of sp³-hybridized carbons (Fsp3) is 0.125. The van der Waals surface area contributed by atoms with E-state index in [2.05, 4.69) is 5.32 Å². The van der Waals surface area contributed by atoms with Gasteiger partial charge in [-0.2, -0.15) is 0 Å². The lowest BCUT2D eigenvalue weighted by molar-refractivity contribution is -0.126. The highest BCUT2D eigenvalue weighted by molar-refractivity contribution is 6.31. The van der Waals surface area contributed by atoms with E-state index in [9.17, 15) is 9.59 Å². The first-order chi connectivity index (χ1) is 10.1. The maximum Gasteiger partial charge on any atom is 0.243 e. The summed E-state index contributed by atoms with van der Waals surface area (Å²) in [6.07, 6.45) is 0. The lowest BCUT2D eigenvalue weighted by atomic mass is 10.00. The molecule has 2 aromatic rings. The number of hydrogen-bond donors (Lipinski definition) is 1. The van der Waals surface area contributed by atoms with Crippen molar-refractivity contribution >= 4 is 34.8 Å². The Balaban J connectivity index is 1.90. The number of benzene rings is 2. The third-order valence-corrected chi connectivity index (χ3v) is 3.78. The number of amides is 2. The molecular weight excluding hydrogens is 288 g/mol. The van der Waals surface area contributed by atoms with E-state index in [-0.39, 0.29) is 11.8 Å². The highest BCUT2D eigenvalue weighted by Gasteiger charge is 2.39. The lowest BCUT2D eigenvalue weighted by Gasteiger charge is -2.12. The van der Waals surface area contributed by atoms with E-state index >= 15 is 0 Å². The minimum Gasteiger partial charge on any atom is -0.325 e. The van der Waals surface area contributed by atoms with Gasteiger partial charge in [0.05, 0.1) is 0 Å². The molecule has 21 heavy (non-hydrogen) atoms. The Morgan fingerprint density at radius 3 is 2.71 bits per heavy atom. The van der Waals surface area contributed by atoms with Crippen molar-refractivity contribution in [3.63, 3.8) is 0 Å². The molecule has 0 saturated carbocycles. The average molecular weight is 301 g/mol. The third-order valence-electron chi connectivity index (χ3n) is 3.54. The van der Waals surface area contributed by atoms with Crippen LogP contribution in [0, 0.1) is 0 Å². The van der Waals surface area contributed by atoms with Gasteiger partial charge in [-0.05, 0) is 29.8 Å². The molecule has 1 unspecified atom stereocenters. The third kappa shape index (κ3) is 2.38. The Morgan fingerprint density at radius 1 is 1.19 bits per heavy atom. The lowest BCUT2D eigenvalue weighted by Crippen LogP contribution is -2.31. The van der Waals surface area contributed by atoms with Crippen LogP contribution in [0.1, 0.15) is 11.5 Å². The van der Waals surface area contributed by atoms with Crippen LogP contribution in [-0.4, -0.2) is 18.9 Å². The molecule has 1 N–H and O–H groups in total. The quantitative estimate of drug-likeness (QED) is 0.867. The smallest absolute Gasteiger partial charge is 0.243 e. The number of nitrogens with one attached hydrogen (secondary N) is 1. The van der Waals surface area contributed by atoms with E-state index < -0.39 is 5.92 Å². The van der Waals surface area contributed by atoms with E-state index in [1.54, 1.807) is 37.4 Å². The number of carbonyl (C=O) groups excluding carboxylic acids is 2. The first kappa shape index (κ1) is 13.6. The fourth-order valence-corrected chi connectivity index (χ4v) is 2.71. The van der Waals surface area contributed by atoms with Gasteiger partial charge in [0.15, 0.2) is 0 Å². The van der Waals surface area contributed by atoms with Crippen LogP contribution in [0.25, 0.3) is 0 Å². The molecule has 4 nitrogen and oxygen atoms in total. The second kappa shape index (κ2) is 5.22. The Labute approximate surface area is 127 Å². The van der Waals surface area contributed by atoms with Crippen molar-refractivity contribution < 1.29 is 9.59 Å². The molecule has 0 spiro atoms. The number of halogens is 1. The van der Waals surface area contributed by atoms with Gasteiger partial charge in [0.1, 0.15) is 5.92 Å². The topological polar surface area (TPSA) is 49.4 Å². The van der Waals surface area contributed by atoms with Crippen molar-refractivity contribution in [2.75, 3.05) is 17.3 Å². The van der Waals surface area contributed by atoms with Crippen molar-refractivity contribution in [1.82, 2.24) is 0 Å². The highest BCUT2D eigenvalue weighted by atomic mass is 35.5. The zero-order valence-corrected chi connectivity index (χ0v) is 12.1. The molecular formula is C16H13ClN2O2. The largest absolute Gasteiger partial charge is 0.325 e. The Hall–Kier alpha value is -2.33. The number of carbonyl (C=O) groups is 2. The van der Waals surface area contributed by atoms with Crippen LogP contribution in [0.15, 0.2) is 48.5 Å². The van der Waals surface area contributed by atoms with Gasteiger partial charge < -0.3 is 10.2 Å². The molecule has 0 aliphatic carbocycles. The van der Waals surface area contributed by atoms with Crippen LogP contribution in [-0.2, 0) is 9.59 Å². The van der Waals surface area contributed by atoms with Gasteiger partial charge in [0, 0.05) is 23.4 Å². The van der Waals surface area contributed by atoms with Gasteiger partial charge in [-0.15, -0.1) is 0 Å². The number of fused-ring (bicyclic) bond motifs is 1. The predicted octanol–water partition coefficient (Wildman–Crippen LogP) is 3.04. The summed E-state index contributed by atoms with van der Waals surface area (Å²) in [4.78, 5) is 26.3. The van der Waals surface area contributed by atoms with Gasteiger partial charge in [-0.3, -0.25) is 9.59 Å². The number of para-hydroxylation sites is 1. The Kier molecular flexibility index (Phi) is 3.39. The van der Waals surface area contributed by atoms with Crippen LogP contribution in [0.2, 0.25) is 5.02 Å². The molecule has 106 valence electrons. The number of hydrogen-bond acceptors (Lipinski definition) is 2. The molecule has 2 aromatic carbocycles. The molecule has 1 aliphatic heterocycles. The molecule has 3 rings (SSSR count). The van der Waals surface area contributed by atoms with Crippen LogP contribution in [0.5, 0.6) is 0 Å². The molecule has 0 fully saturated rings. The first-order valence-corrected chi connectivity index (χ1v) is 6.88. The first-order valence-electron chi connectivity index (χ1n) is 6.51. The van der Waals surface area contributed by atoms with Crippen molar-refractivity contribution in [3.8, 4) is 0 Å². The summed E-state index contributed by atoms with van der Waals surface area (Å²) < 4.78 is 0. The molecule has 5 heteroatoms. The average Bonchev–Trinajstić information content (AvgIpc) is 2.71. The minimum atomic E-state index is -0.815. The molecule has 0 aromatic heterocycles. The zero-order valence-electron chi connectivity index (χ0n) is 11.3. The van der Waals surface area contributed by atoms with E-state index in [1.807, 2.05) is 18.2 Å². The normalized spacial score (nSPS) is 16.8. The van der Waals surface area contributed by atoms with E-state index in [0.717, 1.165) is 11.3 Å². The maximum atomic E-state index is 12.4. The minimum absolute atomic E-state index is 0.226. The standard InChI is InChI=1S/C16H13ClN2O2/c1-19-13-8-3-2-7-12(13)14(16(19)21)15(20)18-11-6-4-5-10(17)9-11/h2-9,14H,1H3,(H,18,20). The summed E-state index contributed by atoms with van der Waals surface area (Å²) in [7, 11) is 1.67. The number of likely N-dealkylation sites (N-methyl/N-ethyl adjacent to an activating group) is 1. The predicted molar refractivity (Wildman–Crippen MR) is 82.7 cm³/mol. The number of rotatable bonds is 2. The number of nitrogens with zero attached hydrogens (tertiary/aromatic N) is 1. The zero-order chi connectivity index (χ0) is 15.0. The molecule has 0 bridgehead atoms. The highest BCUT2D eigenvalue weighted by Crippen LogP contribution is 2.36. The molecule has 1 heterocycles. The van der Waals surface area contributed by atoms with E-state index in [1.165, 1.54) is 4.90 Å². The van der Waals surface area contributed by atoms with Crippen LogP contribution < -0.4 is 10.2 Å². The van der Waals surface area contributed by atoms with Crippen molar-refractivity contribution in [2.24, 2.45) is 0 Å². The Bertz CT molecular complexity index is 730. The van der Waals surface area contributed by atoms with Crippen molar-refractivity contribution in [3.05, 3.63) is 59.1 Å². The molecule has 0 radical (unpaired) electrons. The van der Waals surface area contributed by atoms with Crippen LogP contribution >= 0.6 is 11.6 Å². The van der Waals surface area contributed by atoms with Gasteiger partial charge in [0.2, 0.25) is 11.8 Å². The van der Waals surface area contributed by atoms with Crippen molar-refractivity contribution in [2.45, 2.75) is 5.92 Å². The van der Waals surface area contributed by atoms with Crippen LogP contribution in [0.4, 0.5) is 11.4 Å². The molecule has 1 atom stereocenters. The Morgan fingerprint density at radius 2 is 1.95 bits per heavy atom. The SMILES string of the molecule is CN1C(=O)C(C(=O)Nc2cccc(Cl)c2)c2ccccc21. The van der Waals surface area contributed by atoms with E-state index in [4.69, 9.17) is 11.6 Å². The summed E-state index contributed by atoms with van der Waals surface area (Å²) in [6, 6.07) is 14.2. The molecule has 1 aliphatic rings. The summed E-state index contributed by atoms with van der Waals surface area (Å²) in [6.45, 7) is 0. The van der Waals surface area contributed by atoms with E-state index in [0.29, 0.717) is 10.7 Å². The number of anilines is 2. The second-order valence-electron chi connectivity index (χ2n) is 4.89. The van der Waals surface area contributed by atoms with Gasteiger partial charge >= 0.3 is 0 Å². The molecule has 2 amide bonds. The second-order valence-corrected chi connectivity index (χ2v) is 5.33.